The molecule has 0 saturated heterocycles. The number of aryl methyl sites for hydroxylation is 2. The van der Waals surface area contributed by atoms with E-state index in [0.717, 1.165) is 42.0 Å². The van der Waals surface area contributed by atoms with Gasteiger partial charge in [0, 0.05) is 55.6 Å². The molecule has 0 bridgehead atoms. The molecule has 1 aliphatic rings. The van der Waals surface area contributed by atoms with E-state index in [1.807, 2.05) is 42.9 Å². The topological polar surface area (TPSA) is 92.8 Å². The van der Waals surface area contributed by atoms with Crippen molar-refractivity contribution >= 4 is 5.69 Å². The summed E-state index contributed by atoms with van der Waals surface area (Å²) in [6, 6.07) is 7.39. The Hall–Kier alpha value is -2.93. The van der Waals surface area contributed by atoms with E-state index >= 15 is 0 Å². The summed E-state index contributed by atoms with van der Waals surface area (Å²) in [5, 5.41) is 4.49. The van der Waals surface area contributed by atoms with Gasteiger partial charge >= 0.3 is 0 Å². The van der Waals surface area contributed by atoms with Crippen LogP contribution in [0.2, 0.25) is 0 Å². The molecule has 1 aromatic carbocycles. The first-order valence-electron chi connectivity index (χ1n) is 9.12. The molecule has 140 valence electrons. The Bertz CT molecular complexity index is 1050. The normalized spacial score (nSPS) is 14.3. The largest absolute Gasteiger partial charge is 0.399 e. The molecule has 1 aliphatic heterocycles. The van der Waals surface area contributed by atoms with Crippen LogP contribution in [0.4, 0.5) is 5.69 Å². The minimum atomic E-state index is -0.0591. The molecule has 0 amide bonds. The van der Waals surface area contributed by atoms with Crippen molar-refractivity contribution in [3.8, 4) is 11.4 Å². The van der Waals surface area contributed by atoms with Crippen LogP contribution in [0.3, 0.4) is 0 Å². The molecule has 0 spiro atoms. The molecule has 0 unspecified atom stereocenters. The number of aromatic nitrogens is 4. The number of hydrogen-bond donors (Lipinski definition) is 2. The third-order valence-corrected chi connectivity index (χ3v) is 5.37. The van der Waals surface area contributed by atoms with E-state index in [2.05, 4.69) is 21.9 Å². The third-order valence-electron chi connectivity index (χ3n) is 5.37. The zero-order chi connectivity index (χ0) is 19.1. The summed E-state index contributed by atoms with van der Waals surface area (Å²) in [6.07, 6.45) is 0.763. The first-order valence-corrected chi connectivity index (χ1v) is 9.12. The molecule has 27 heavy (non-hydrogen) atoms. The lowest BCUT2D eigenvalue weighted by molar-refractivity contribution is 0.241. The first kappa shape index (κ1) is 17.5. The highest BCUT2D eigenvalue weighted by molar-refractivity contribution is 5.58. The zero-order valence-corrected chi connectivity index (χ0v) is 15.9. The molecule has 0 radical (unpaired) electrons. The van der Waals surface area contributed by atoms with Crippen LogP contribution < -0.4 is 11.3 Å². The van der Waals surface area contributed by atoms with Gasteiger partial charge in [-0.3, -0.25) is 14.4 Å². The van der Waals surface area contributed by atoms with Gasteiger partial charge in [-0.05, 0) is 38.1 Å². The maximum atomic E-state index is 12.7. The van der Waals surface area contributed by atoms with Crippen LogP contribution in [0.25, 0.3) is 11.4 Å². The Morgan fingerprint density at radius 1 is 1.22 bits per heavy atom. The van der Waals surface area contributed by atoms with Crippen LogP contribution in [0.5, 0.6) is 0 Å². The van der Waals surface area contributed by atoms with Gasteiger partial charge in [0.15, 0.2) is 0 Å². The smallest absolute Gasteiger partial charge is 0.255 e. The molecule has 3 aromatic rings. The maximum Gasteiger partial charge on any atom is 0.255 e. The van der Waals surface area contributed by atoms with Crippen LogP contribution in [0, 0.1) is 13.8 Å². The highest BCUT2D eigenvalue weighted by Crippen LogP contribution is 2.22. The Morgan fingerprint density at radius 2 is 1.96 bits per heavy atom. The second-order valence-corrected chi connectivity index (χ2v) is 7.20. The van der Waals surface area contributed by atoms with Crippen LogP contribution in [0.15, 0.2) is 29.1 Å². The van der Waals surface area contributed by atoms with Crippen molar-refractivity contribution in [2.75, 3.05) is 12.3 Å². The summed E-state index contributed by atoms with van der Waals surface area (Å²) in [4.78, 5) is 22.6. The van der Waals surface area contributed by atoms with Gasteiger partial charge in [-0.25, -0.2) is 4.98 Å². The summed E-state index contributed by atoms with van der Waals surface area (Å²) < 4.78 is 1.91. The number of nitrogen functional groups attached to an aromatic ring is 1. The molecule has 4 rings (SSSR count). The fourth-order valence-electron chi connectivity index (χ4n) is 3.66. The molecule has 7 heteroatoms. The van der Waals surface area contributed by atoms with E-state index in [9.17, 15) is 4.79 Å². The summed E-state index contributed by atoms with van der Waals surface area (Å²) in [6.45, 7) is 6.39. The third kappa shape index (κ3) is 3.26. The number of nitrogens with one attached hydrogen (secondary N) is 1. The van der Waals surface area contributed by atoms with Gasteiger partial charge < -0.3 is 10.7 Å². The number of H-pyrrole nitrogens is 1. The number of nitrogens with zero attached hydrogens (tertiary/aromatic N) is 4. The molecule has 3 N–H and O–H groups in total. The maximum absolute atomic E-state index is 12.7. The fourth-order valence-corrected chi connectivity index (χ4v) is 3.66. The Balaban J connectivity index is 1.60. The molecular weight excluding hydrogens is 340 g/mol. The van der Waals surface area contributed by atoms with Crippen molar-refractivity contribution in [2.24, 2.45) is 7.05 Å². The molecule has 0 aliphatic carbocycles. The lowest BCUT2D eigenvalue weighted by Gasteiger charge is -2.27. The minimum Gasteiger partial charge on any atom is -0.399 e. The standard InChI is InChI=1S/C20H24N6O/c1-12-16(13(2)25(3)24-12)10-26-9-8-18-17(11-26)20(27)23-19(22-18)14-4-6-15(21)7-5-14/h4-7H,8-11,21H2,1-3H3,(H,22,23,27). The van der Waals surface area contributed by atoms with Crippen molar-refractivity contribution in [3.05, 3.63) is 62.8 Å². The van der Waals surface area contributed by atoms with E-state index in [4.69, 9.17) is 10.7 Å². The first-order chi connectivity index (χ1) is 12.9. The Kier molecular flexibility index (Phi) is 4.31. The Morgan fingerprint density at radius 3 is 2.63 bits per heavy atom. The molecule has 3 heterocycles. The van der Waals surface area contributed by atoms with Crippen molar-refractivity contribution in [2.45, 2.75) is 33.4 Å². The Labute approximate surface area is 157 Å². The average molecular weight is 364 g/mol. The van der Waals surface area contributed by atoms with Crippen molar-refractivity contribution in [3.63, 3.8) is 0 Å². The highest BCUT2D eigenvalue weighted by Gasteiger charge is 2.23. The summed E-state index contributed by atoms with van der Waals surface area (Å²) in [5.74, 6) is 0.603. The highest BCUT2D eigenvalue weighted by atomic mass is 16.1. The van der Waals surface area contributed by atoms with Gasteiger partial charge in [0.05, 0.1) is 17.0 Å². The average Bonchev–Trinajstić information content (AvgIpc) is 2.89. The number of hydrogen-bond acceptors (Lipinski definition) is 5. The molecular formula is C20H24N6O. The molecule has 7 nitrogen and oxygen atoms in total. The van der Waals surface area contributed by atoms with Gasteiger partial charge in [-0.2, -0.15) is 5.10 Å². The van der Waals surface area contributed by atoms with Crippen LogP contribution in [0.1, 0.15) is 28.2 Å². The van der Waals surface area contributed by atoms with Crippen LogP contribution in [-0.2, 0) is 26.6 Å². The van der Waals surface area contributed by atoms with Gasteiger partial charge in [-0.15, -0.1) is 0 Å². The van der Waals surface area contributed by atoms with Crippen molar-refractivity contribution < 1.29 is 0 Å². The van der Waals surface area contributed by atoms with Crippen LogP contribution >= 0.6 is 0 Å². The summed E-state index contributed by atoms with van der Waals surface area (Å²) in [5.41, 5.74) is 12.4. The number of nitrogens with two attached hydrogens (primary N) is 1. The number of anilines is 1. The predicted octanol–water partition coefficient (Wildman–Crippen LogP) is 1.93. The van der Waals surface area contributed by atoms with Gasteiger partial charge in [0.1, 0.15) is 5.82 Å². The molecule has 0 saturated carbocycles. The number of aromatic amines is 1. The van der Waals surface area contributed by atoms with Crippen LogP contribution in [-0.4, -0.2) is 31.2 Å². The summed E-state index contributed by atoms with van der Waals surface area (Å²) in [7, 11) is 1.96. The lowest BCUT2D eigenvalue weighted by atomic mass is 10.0. The van der Waals surface area contributed by atoms with E-state index in [1.165, 1.54) is 11.3 Å². The summed E-state index contributed by atoms with van der Waals surface area (Å²) >= 11 is 0. The van der Waals surface area contributed by atoms with Crippen molar-refractivity contribution in [1.29, 1.82) is 0 Å². The number of rotatable bonds is 3. The number of fused-ring (bicyclic) bond motifs is 1. The van der Waals surface area contributed by atoms with E-state index < -0.39 is 0 Å². The monoisotopic (exact) mass is 364 g/mol. The molecule has 0 fully saturated rings. The minimum absolute atomic E-state index is 0.0591. The van der Waals surface area contributed by atoms with E-state index in [0.29, 0.717) is 18.1 Å². The zero-order valence-electron chi connectivity index (χ0n) is 15.9. The SMILES string of the molecule is Cc1nn(C)c(C)c1CN1CCc2nc(-c3ccc(N)cc3)[nH]c(=O)c2C1. The predicted molar refractivity (Wildman–Crippen MR) is 105 cm³/mol. The van der Waals surface area contributed by atoms with Gasteiger partial charge in [0.25, 0.3) is 5.56 Å². The van der Waals surface area contributed by atoms with Crippen molar-refractivity contribution in [1.82, 2.24) is 24.6 Å². The lowest BCUT2D eigenvalue weighted by Crippen LogP contribution is -2.35. The quantitative estimate of drug-likeness (QED) is 0.693. The second kappa shape index (κ2) is 6.66. The van der Waals surface area contributed by atoms with E-state index in [1.54, 1.807) is 0 Å². The fraction of sp³-hybridized carbons (Fsp3) is 0.350. The molecule has 2 aromatic heterocycles. The molecule has 0 atom stereocenters. The van der Waals surface area contributed by atoms with Gasteiger partial charge in [0.2, 0.25) is 0 Å². The number of benzene rings is 1. The van der Waals surface area contributed by atoms with Gasteiger partial charge in [-0.1, -0.05) is 0 Å². The second-order valence-electron chi connectivity index (χ2n) is 7.20. The van der Waals surface area contributed by atoms with E-state index in [-0.39, 0.29) is 5.56 Å².